The molecule has 0 atom stereocenters. The Morgan fingerprint density at radius 2 is 2.29 bits per heavy atom. The Hall–Kier alpha value is -0.0000000000000000555. The van der Waals surface area contributed by atoms with Gasteiger partial charge in [0.1, 0.15) is 0 Å². The Morgan fingerprint density at radius 3 is 2.79 bits per heavy atom. The highest BCUT2D eigenvalue weighted by molar-refractivity contribution is 9.10. The molecule has 78 valence electrons. The first-order valence-electron chi connectivity index (χ1n) is 4.66. The molecule has 0 amide bonds. The van der Waals surface area contributed by atoms with Crippen LogP contribution in [0.25, 0.3) is 0 Å². The maximum Gasteiger partial charge on any atom is 0.0873 e. The topological polar surface area (TPSA) is 38.0 Å². The van der Waals surface area contributed by atoms with Crippen LogP contribution in [-0.4, -0.2) is 33.0 Å². The molecule has 0 spiro atoms. The minimum atomic E-state index is -0.155. The Kier molecular flexibility index (Phi) is 3.19. The standard InChI is InChI=1S/C9H13BrN2OS/c10-8-5-11-12(6-8)9(7-13)1-3-14-4-2-9/h5-6,13H,1-4,7H2. The van der Waals surface area contributed by atoms with E-state index in [1.54, 1.807) is 6.20 Å². The zero-order valence-electron chi connectivity index (χ0n) is 7.82. The predicted molar refractivity (Wildman–Crippen MR) is 61.5 cm³/mol. The van der Waals surface area contributed by atoms with Crippen molar-refractivity contribution in [3.05, 3.63) is 16.9 Å². The van der Waals surface area contributed by atoms with E-state index in [0.717, 1.165) is 28.8 Å². The number of halogens is 1. The van der Waals surface area contributed by atoms with Crippen LogP contribution in [0.4, 0.5) is 0 Å². The largest absolute Gasteiger partial charge is 0.394 e. The molecule has 0 bridgehead atoms. The van der Waals surface area contributed by atoms with Crippen molar-refractivity contribution in [2.75, 3.05) is 18.1 Å². The lowest BCUT2D eigenvalue weighted by Crippen LogP contribution is -2.41. The number of aliphatic hydroxyl groups is 1. The third-order valence-corrected chi connectivity index (χ3v) is 4.15. The van der Waals surface area contributed by atoms with Crippen LogP contribution < -0.4 is 0 Å². The van der Waals surface area contributed by atoms with Crippen molar-refractivity contribution < 1.29 is 5.11 Å². The maximum atomic E-state index is 9.52. The molecule has 1 N–H and O–H groups in total. The summed E-state index contributed by atoms with van der Waals surface area (Å²) in [4.78, 5) is 0. The van der Waals surface area contributed by atoms with Crippen molar-refractivity contribution in [1.82, 2.24) is 9.78 Å². The molecule has 1 fully saturated rings. The van der Waals surface area contributed by atoms with E-state index >= 15 is 0 Å². The zero-order chi connectivity index (χ0) is 10.0. The molecule has 1 saturated heterocycles. The molecule has 2 heterocycles. The number of aliphatic hydroxyl groups excluding tert-OH is 1. The monoisotopic (exact) mass is 276 g/mol. The first kappa shape index (κ1) is 10.5. The van der Waals surface area contributed by atoms with Gasteiger partial charge in [0.25, 0.3) is 0 Å². The highest BCUT2D eigenvalue weighted by Gasteiger charge is 2.34. The van der Waals surface area contributed by atoms with Crippen molar-refractivity contribution in [1.29, 1.82) is 0 Å². The lowest BCUT2D eigenvalue weighted by atomic mass is 9.94. The second-order valence-corrected chi connectivity index (χ2v) is 5.74. The summed E-state index contributed by atoms with van der Waals surface area (Å²) >= 11 is 5.33. The zero-order valence-corrected chi connectivity index (χ0v) is 10.2. The van der Waals surface area contributed by atoms with Crippen LogP contribution in [0.3, 0.4) is 0 Å². The van der Waals surface area contributed by atoms with Gasteiger partial charge in [-0.25, -0.2) is 0 Å². The maximum absolute atomic E-state index is 9.52. The molecular weight excluding hydrogens is 264 g/mol. The van der Waals surface area contributed by atoms with E-state index in [9.17, 15) is 5.11 Å². The molecule has 1 aliphatic rings. The van der Waals surface area contributed by atoms with Crippen LogP contribution in [0.15, 0.2) is 16.9 Å². The van der Waals surface area contributed by atoms with Crippen LogP contribution in [0, 0.1) is 0 Å². The lowest BCUT2D eigenvalue weighted by Gasteiger charge is -2.35. The van der Waals surface area contributed by atoms with E-state index in [-0.39, 0.29) is 12.1 Å². The fourth-order valence-electron chi connectivity index (χ4n) is 1.77. The fraction of sp³-hybridized carbons (Fsp3) is 0.667. The van der Waals surface area contributed by atoms with Crippen molar-refractivity contribution in [3.8, 4) is 0 Å². The molecule has 2 rings (SSSR count). The van der Waals surface area contributed by atoms with Gasteiger partial charge >= 0.3 is 0 Å². The molecular formula is C9H13BrN2OS. The summed E-state index contributed by atoms with van der Waals surface area (Å²) in [5, 5.41) is 13.8. The predicted octanol–water partition coefficient (Wildman–Crippen LogP) is 1.86. The van der Waals surface area contributed by atoms with Gasteiger partial charge in [-0.1, -0.05) is 0 Å². The van der Waals surface area contributed by atoms with E-state index in [2.05, 4.69) is 21.0 Å². The molecule has 1 aromatic heterocycles. The fourth-order valence-corrected chi connectivity index (χ4v) is 3.31. The van der Waals surface area contributed by atoms with Gasteiger partial charge in [0.2, 0.25) is 0 Å². The smallest absolute Gasteiger partial charge is 0.0873 e. The quantitative estimate of drug-likeness (QED) is 0.896. The molecule has 1 aliphatic heterocycles. The first-order chi connectivity index (χ1) is 6.77. The summed E-state index contributed by atoms with van der Waals surface area (Å²) in [5.74, 6) is 2.22. The Balaban J connectivity index is 2.26. The van der Waals surface area contributed by atoms with E-state index in [4.69, 9.17) is 0 Å². The summed E-state index contributed by atoms with van der Waals surface area (Å²) in [6.45, 7) is 0.182. The van der Waals surface area contributed by atoms with Gasteiger partial charge in [-0.15, -0.1) is 0 Å². The van der Waals surface area contributed by atoms with Gasteiger partial charge < -0.3 is 5.11 Å². The van der Waals surface area contributed by atoms with E-state index in [1.165, 1.54) is 0 Å². The molecule has 14 heavy (non-hydrogen) atoms. The van der Waals surface area contributed by atoms with Gasteiger partial charge in [0.15, 0.2) is 0 Å². The van der Waals surface area contributed by atoms with Gasteiger partial charge in [0.05, 0.1) is 22.8 Å². The van der Waals surface area contributed by atoms with Crippen LogP contribution in [-0.2, 0) is 5.54 Å². The summed E-state index contributed by atoms with van der Waals surface area (Å²) in [6, 6.07) is 0. The molecule has 0 radical (unpaired) electrons. The minimum Gasteiger partial charge on any atom is -0.394 e. The summed E-state index contributed by atoms with van der Waals surface area (Å²) < 4.78 is 2.89. The average molecular weight is 277 g/mol. The van der Waals surface area contributed by atoms with Crippen molar-refractivity contribution in [2.45, 2.75) is 18.4 Å². The lowest BCUT2D eigenvalue weighted by molar-refractivity contribution is 0.109. The normalized spacial score (nSPS) is 21.0. The third-order valence-electron chi connectivity index (χ3n) is 2.75. The summed E-state index contributed by atoms with van der Waals surface area (Å²) in [5.41, 5.74) is -0.155. The number of hydrogen-bond donors (Lipinski definition) is 1. The van der Waals surface area contributed by atoms with E-state index in [1.807, 2.05) is 22.6 Å². The Morgan fingerprint density at radius 1 is 1.57 bits per heavy atom. The summed E-state index contributed by atoms with van der Waals surface area (Å²) in [6.07, 6.45) is 5.73. The molecule has 0 unspecified atom stereocenters. The van der Waals surface area contributed by atoms with Crippen molar-refractivity contribution in [3.63, 3.8) is 0 Å². The molecule has 1 aromatic rings. The van der Waals surface area contributed by atoms with Crippen molar-refractivity contribution >= 4 is 27.7 Å². The van der Waals surface area contributed by atoms with Gasteiger partial charge in [0, 0.05) is 6.20 Å². The Labute approximate surface area is 96.0 Å². The van der Waals surface area contributed by atoms with Crippen LogP contribution in [0.2, 0.25) is 0 Å². The van der Waals surface area contributed by atoms with Gasteiger partial charge in [-0.05, 0) is 40.3 Å². The molecule has 5 heteroatoms. The number of hydrogen-bond acceptors (Lipinski definition) is 3. The number of rotatable bonds is 2. The van der Waals surface area contributed by atoms with Crippen LogP contribution >= 0.6 is 27.7 Å². The van der Waals surface area contributed by atoms with Crippen LogP contribution in [0.1, 0.15) is 12.8 Å². The number of aromatic nitrogens is 2. The highest BCUT2D eigenvalue weighted by atomic mass is 79.9. The van der Waals surface area contributed by atoms with Gasteiger partial charge in [-0.2, -0.15) is 16.9 Å². The molecule has 0 aromatic carbocycles. The van der Waals surface area contributed by atoms with Crippen molar-refractivity contribution in [2.24, 2.45) is 0 Å². The first-order valence-corrected chi connectivity index (χ1v) is 6.61. The average Bonchev–Trinajstić information content (AvgIpc) is 2.66. The molecule has 0 aliphatic carbocycles. The Bertz CT molecular complexity index is 310. The highest BCUT2D eigenvalue weighted by Crippen LogP contribution is 2.33. The van der Waals surface area contributed by atoms with Gasteiger partial charge in [-0.3, -0.25) is 4.68 Å². The minimum absolute atomic E-state index is 0.155. The molecule has 0 saturated carbocycles. The number of thioether (sulfide) groups is 1. The van der Waals surface area contributed by atoms with E-state index in [0.29, 0.717) is 0 Å². The summed E-state index contributed by atoms with van der Waals surface area (Å²) in [7, 11) is 0. The SMILES string of the molecule is OCC1(n2cc(Br)cn2)CCSCC1. The second-order valence-electron chi connectivity index (χ2n) is 3.60. The number of nitrogens with zero attached hydrogens (tertiary/aromatic N) is 2. The second kappa shape index (κ2) is 4.24. The van der Waals surface area contributed by atoms with Crippen LogP contribution in [0.5, 0.6) is 0 Å². The van der Waals surface area contributed by atoms with E-state index < -0.39 is 0 Å². The molecule has 3 nitrogen and oxygen atoms in total. The third kappa shape index (κ3) is 1.85.